The molecule has 0 saturated heterocycles. The van der Waals surface area contributed by atoms with Crippen LogP contribution in [0.3, 0.4) is 0 Å². The van der Waals surface area contributed by atoms with Crippen LogP contribution >= 0.6 is 23.1 Å². The van der Waals surface area contributed by atoms with Gasteiger partial charge in [-0.15, -0.1) is 11.3 Å². The van der Waals surface area contributed by atoms with Gasteiger partial charge in [0.25, 0.3) is 5.91 Å². The van der Waals surface area contributed by atoms with Crippen molar-refractivity contribution in [3.63, 3.8) is 0 Å². The number of ketones is 1. The maximum Gasteiger partial charge on any atom is 0.261 e. The maximum atomic E-state index is 12.2. The zero-order chi connectivity index (χ0) is 13.2. The Morgan fingerprint density at radius 3 is 2.79 bits per heavy atom. The minimum absolute atomic E-state index is 0.0451. The Morgan fingerprint density at radius 1 is 1.26 bits per heavy atom. The van der Waals surface area contributed by atoms with Crippen LogP contribution < -0.4 is 5.32 Å². The van der Waals surface area contributed by atoms with E-state index in [0.717, 1.165) is 29.9 Å². The van der Waals surface area contributed by atoms with Crippen molar-refractivity contribution in [3.8, 4) is 0 Å². The third-order valence-corrected chi connectivity index (χ3v) is 5.97. The highest BCUT2D eigenvalue weighted by molar-refractivity contribution is 7.98. The second kappa shape index (κ2) is 5.67. The molecule has 1 N–H and O–H groups in total. The SMILES string of the molecule is O=C1CCC(NC(=O)c2cc3c(s2)CCSC3)CC1. The van der Waals surface area contributed by atoms with E-state index >= 15 is 0 Å². The monoisotopic (exact) mass is 295 g/mol. The van der Waals surface area contributed by atoms with Gasteiger partial charge in [-0.05, 0) is 36.6 Å². The molecule has 1 aliphatic heterocycles. The molecule has 3 nitrogen and oxygen atoms in total. The Bertz CT molecular complexity index is 476. The molecule has 1 amide bonds. The number of Topliss-reactive ketones (excluding diaryl/α,β-unsaturated/α-hetero) is 1. The van der Waals surface area contributed by atoms with Gasteiger partial charge in [0.05, 0.1) is 4.88 Å². The number of hydrogen-bond donors (Lipinski definition) is 1. The van der Waals surface area contributed by atoms with Crippen LogP contribution in [0.15, 0.2) is 6.07 Å². The Balaban J connectivity index is 1.63. The number of nitrogens with one attached hydrogen (secondary N) is 1. The number of fused-ring (bicyclic) bond motifs is 1. The molecule has 2 aliphatic rings. The van der Waals surface area contributed by atoms with Crippen LogP contribution in [0, 0.1) is 0 Å². The highest BCUT2D eigenvalue weighted by Crippen LogP contribution is 2.31. The van der Waals surface area contributed by atoms with E-state index in [0.29, 0.717) is 18.6 Å². The fourth-order valence-corrected chi connectivity index (χ4v) is 4.88. The van der Waals surface area contributed by atoms with E-state index in [2.05, 4.69) is 11.4 Å². The molecule has 0 atom stereocenters. The molecule has 5 heteroatoms. The number of thioether (sulfide) groups is 1. The van der Waals surface area contributed by atoms with E-state index in [1.165, 1.54) is 16.2 Å². The Kier molecular flexibility index (Phi) is 3.93. The zero-order valence-corrected chi connectivity index (χ0v) is 12.4. The molecular weight excluding hydrogens is 278 g/mol. The first kappa shape index (κ1) is 13.2. The van der Waals surface area contributed by atoms with Gasteiger partial charge in [0.2, 0.25) is 0 Å². The lowest BCUT2D eigenvalue weighted by Gasteiger charge is -2.21. The lowest BCUT2D eigenvalue weighted by molar-refractivity contribution is -0.120. The average Bonchev–Trinajstić information content (AvgIpc) is 2.85. The third kappa shape index (κ3) is 3.03. The van der Waals surface area contributed by atoms with Gasteiger partial charge < -0.3 is 5.32 Å². The number of amides is 1. The van der Waals surface area contributed by atoms with Crippen LogP contribution in [0.4, 0.5) is 0 Å². The van der Waals surface area contributed by atoms with Gasteiger partial charge in [-0.1, -0.05) is 0 Å². The minimum atomic E-state index is 0.0451. The minimum Gasteiger partial charge on any atom is -0.349 e. The summed E-state index contributed by atoms with van der Waals surface area (Å²) in [5.41, 5.74) is 1.34. The molecule has 0 unspecified atom stereocenters. The third-order valence-electron chi connectivity index (χ3n) is 3.73. The van der Waals surface area contributed by atoms with Gasteiger partial charge in [0.1, 0.15) is 5.78 Å². The van der Waals surface area contributed by atoms with E-state index in [4.69, 9.17) is 0 Å². The predicted octanol–water partition coefficient (Wildman–Crippen LogP) is 2.78. The van der Waals surface area contributed by atoms with E-state index in [1.807, 2.05) is 11.8 Å². The Labute approximate surface area is 121 Å². The standard InChI is InChI=1S/C14H17NO2S2/c16-11-3-1-10(2-4-11)15-14(17)13-7-9-8-18-6-5-12(9)19-13/h7,10H,1-6,8H2,(H,15,17). The van der Waals surface area contributed by atoms with Crippen molar-refractivity contribution in [3.05, 3.63) is 21.4 Å². The lowest BCUT2D eigenvalue weighted by atomic mass is 9.94. The summed E-state index contributed by atoms with van der Waals surface area (Å²) in [4.78, 5) is 25.6. The maximum absolute atomic E-state index is 12.2. The van der Waals surface area contributed by atoms with Gasteiger partial charge in [0, 0.05) is 29.5 Å². The molecule has 1 saturated carbocycles. The summed E-state index contributed by atoms with van der Waals surface area (Å²) >= 11 is 3.58. The molecule has 1 aliphatic carbocycles. The quantitative estimate of drug-likeness (QED) is 0.912. The highest BCUT2D eigenvalue weighted by atomic mass is 32.2. The smallest absolute Gasteiger partial charge is 0.261 e. The van der Waals surface area contributed by atoms with Gasteiger partial charge >= 0.3 is 0 Å². The highest BCUT2D eigenvalue weighted by Gasteiger charge is 2.23. The van der Waals surface area contributed by atoms with Crippen molar-refractivity contribution < 1.29 is 9.59 Å². The fourth-order valence-electron chi connectivity index (χ4n) is 2.60. The number of carbonyl (C=O) groups excluding carboxylic acids is 2. The normalized spacial score (nSPS) is 20.1. The first-order valence-electron chi connectivity index (χ1n) is 6.74. The number of hydrogen-bond acceptors (Lipinski definition) is 4. The van der Waals surface area contributed by atoms with Gasteiger partial charge in [0.15, 0.2) is 0 Å². The molecule has 0 spiro atoms. The summed E-state index contributed by atoms with van der Waals surface area (Å²) in [6.45, 7) is 0. The number of thiophene rings is 1. The molecule has 2 heterocycles. The van der Waals surface area contributed by atoms with Crippen molar-refractivity contribution >= 4 is 34.8 Å². The molecule has 0 radical (unpaired) electrons. The number of aryl methyl sites for hydroxylation is 1. The molecule has 19 heavy (non-hydrogen) atoms. The molecule has 0 aromatic carbocycles. The molecule has 1 aromatic rings. The first-order chi connectivity index (χ1) is 9.22. The Hall–Kier alpha value is -0.810. The van der Waals surface area contributed by atoms with Gasteiger partial charge in [-0.3, -0.25) is 9.59 Å². The topological polar surface area (TPSA) is 46.2 Å². The van der Waals surface area contributed by atoms with Crippen molar-refractivity contribution in [2.24, 2.45) is 0 Å². The second-order valence-electron chi connectivity index (χ2n) is 5.15. The largest absolute Gasteiger partial charge is 0.349 e. The molecule has 1 fully saturated rings. The summed E-state index contributed by atoms with van der Waals surface area (Å²) in [5.74, 6) is 2.58. The average molecular weight is 295 g/mol. The first-order valence-corrected chi connectivity index (χ1v) is 8.71. The molecule has 3 rings (SSSR count). The van der Waals surface area contributed by atoms with Crippen LogP contribution in [-0.2, 0) is 17.0 Å². The molecule has 0 bridgehead atoms. The summed E-state index contributed by atoms with van der Waals surface area (Å²) in [6.07, 6.45) is 3.91. The van der Waals surface area contributed by atoms with Gasteiger partial charge in [-0.2, -0.15) is 11.8 Å². The van der Waals surface area contributed by atoms with Gasteiger partial charge in [-0.25, -0.2) is 0 Å². The van der Waals surface area contributed by atoms with E-state index in [-0.39, 0.29) is 11.9 Å². The molecular formula is C14H17NO2S2. The second-order valence-corrected chi connectivity index (χ2v) is 7.39. The van der Waals surface area contributed by atoms with E-state index in [9.17, 15) is 9.59 Å². The van der Waals surface area contributed by atoms with Crippen molar-refractivity contribution in [1.82, 2.24) is 5.32 Å². The van der Waals surface area contributed by atoms with Crippen LogP contribution in [0.2, 0.25) is 0 Å². The van der Waals surface area contributed by atoms with Crippen molar-refractivity contribution in [2.75, 3.05) is 5.75 Å². The predicted molar refractivity (Wildman–Crippen MR) is 78.9 cm³/mol. The molecule has 102 valence electrons. The summed E-state index contributed by atoms with van der Waals surface area (Å²) in [5, 5.41) is 3.08. The van der Waals surface area contributed by atoms with Crippen molar-refractivity contribution in [2.45, 2.75) is 43.9 Å². The Morgan fingerprint density at radius 2 is 2.05 bits per heavy atom. The van der Waals surface area contributed by atoms with Crippen LogP contribution in [0.1, 0.15) is 45.8 Å². The van der Waals surface area contributed by atoms with Crippen molar-refractivity contribution in [1.29, 1.82) is 0 Å². The lowest BCUT2D eigenvalue weighted by Crippen LogP contribution is -2.37. The summed E-state index contributed by atoms with van der Waals surface area (Å²) in [7, 11) is 0. The molecule has 1 aromatic heterocycles. The van der Waals surface area contributed by atoms with E-state index in [1.54, 1.807) is 11.3 Å². The van der Waals surface area contributed by atoms with Crippen LogP contribution in [0.25, 0.3) is 0 Å². The van der Waals surface area contributed by atoms with Crippen LogP contribution in [-0.4, -0.2) is 23.5 Å². The summed E-state index contributed by atoms with van der Waals surface area (Å²) < 4.78 is 0. The van der Waals surface area contributed by atoms with E-state index < -0.39 is 0 Å². The fraction of sp³-hybridized carbons (Fsp3) is 0.571. The van der Waals surface area contributed by atoms with Crippen LogP contribution in [0.5, 0.6) is 0 Å². The number of rotatable bonds is 2. The summed E-state index contributed by atoms with van der Waals surface area (Å²) in [6, 6.07) is 2.23. The zero-order valence-electron chi connectivity index (χ0n) is 10.7. The number of carbonyl (C=O) groups is 2.